The SMILES string of the molecule is CSc1ccccc1C#CCNC(=O)OCC1c2ccccc2-c2ccccc21. The molecule has 1 amide bonds. The normalized spacial score (nSPS) is 11.8. The van der Waals surface area contributed by atoms with Gasteiger partial charge in [-0.3, -0.25) is 0 Å². The molecule has 3 nitrogen and oxygen atoms in total. The van der Waals surface area contributed by atoms with E-state index in [-0.39, 0.29) is 12.5 Å². The molecular weight excluding hydrogens is 378 g/mol. The number of alkyl carbamates (subject to hydrolysis) is 1. The first kappa shape index (κ1) is 19.2. The summed E-state index contributed by atoms with van der Waals surface area (Å²) in [5.74, 6) is 6.16. The summed E-state index contributed by atoms with van der Waals surface area (Å²) in [6.45, 7) is 0.558. The van der Waals surface area contributed by atoms with Crippen LogP contribution in [0, 0.1) is 11.8 Å². The highest BCUT2D eigenvalue weighted by molar-refractivity contribution is 7.98. The molecule has 4 heteroatoms. The Morgan fingerprint density at radius 2 is 1.59 bits per heavy atom. The Morgan fingerprint density at radius 3 is 2.28 bits per heavy atom. The monoisotopic (exact) mass is 399 g/mol. The van der Waals surface area contributed by atoms with Crippen molar-refractivity contribution >= 4 is 17.9 Å². The third-order valence-electron chi connectivity index (χ3n) is 4.99. The second-order valence-electron chi connectivity index (χ2n) is 6.68. The number of fused-ring (bicyclic) bond motifs is 3. The van der Waals surface area contributed by atoms with Crippen molar-refractivity contribution in [1.29, 1.82) is 0 Å². The minimum absolute atomic E-state index is 0.0627. The summed E-state index contributed by atoms with van der Waals surface area (Å²) >= 11 is 1.66. The van der Waals surface area contributed by atoms with Crippen LogP contribution in [0.4, 0.5) is 4.79 Å². The van der Waals surface area contributed by atoms with Crippen LogP contribution in [-0.2, 0) is 4.74 Å². The summed E-state index contributed by atoms with van der Waals surface area (Å²) in [5.41, 5.74) is 5.81. The summed E-state index contributed by atoms with van der Waals surface area (Å²) in [7, 11) is 0. The molecule has 0 spiro atoms. The molecule has 0 saturated heterocycles. The minimum atomic E-state index is -0.445. The number of hydrogen-bond donors (Lipinski definition) is 1. The fourth-order valence-corrected chi connectivity index (χ4v) is 4.21. The van der Waals surface area contributed by atoms with E-state index in [0.29, 0.717) is 6.61 Å². The summed E-state index contributed by atoms with van der Waals surface area (Å²) in [6.07, 6.45) is 1.58. The molecule has 0 heterocycles. The first-order chi connectivity index (χ1) is 14.3. The van der Waals surface area contributed by atoms with Crippen molar-refractivity contribution in [2.45, 2.75) is 10.8 Å². The van der Waals surface area contributed by atoms with Crippen molar-refractivity contribution in [3.8, 4) is 23.0 Å². The van der Waals surface area contributed by atoms with Gasteiger partial charge in [0.15, 0.2) is 0 Å². The lowest BCUT2D eigenvalue weighted by Gasteiger charge is -2.14. The van der Waals surface area contributed by atoms with E-state index in [1.807, 2.05) is 54.8 Å². The molecule has 0 unspecified atom stereocenters. The topological polar surface area (TPSA) is 38.3 Å². The molecule has 1 N–H and O–H groups in total. The van der Waals surface area contributed by atoms with Crippen molar-refractivity contribution in [3.63, 3.8) is 0 Å². The van der Waals surface area contributed by atoms with Gasteiger partial charge in [-0.25, -0.2) is 4.79 Å². The summed E-state index contributed by atoms with van der Waals surface area (Å²) in [5, 5.41) is 2.72. The average molecular weight is 400 g/mol. The van der Waals surface area contributed by atoms with Crippen molar-refractivity contribution in [3.05, 3.63) is 89.5 Å². The van der Waals surface area contributed by atoms with Gasteiger partial charge in [0.05, 0.1) is 6.54 Å². The number of carbonyl (C=O) groups excluding carboxylic acids is 1. The molecule has 0 radical (unpaired) electrons. The molecule has 1 aliphatic rings. The third-order valence-corrected chi connectivity index (χ3v) is 5.79. The van der Waals surface area contributed by atoms with Gasteiger partial charge in [-0.15, -0.1) is 11.8 Å². The molecule has 1 aliphatic carbocycles. The van der Waals surface area contributed by atoms with Crippen LogP contribution in [-0.4, -0.2) is 25.5 Å². The highest BCUT2D eigenvalue weighted by Crippen LogP contribution is 2.44. The van der Waals surface area contributed by atoms with E-state index in [9.17, 15) is 4.79 Å². The van der Waals surface area contributed by atoms with Crippen LogP contribution in [0.25, 0.3) is 11.1 Å². The van der Waals surface area contributed by atoms with Crippen LogP contribution < -0.4 is 5.32 Å². The summed E-state index contributed by atoms with van der Waals surface area (Å²) < 4.78 is 5.51. The maximum atomic E-state index is 12.2. The van der Waals surface area contributed by atoms with Crippen molar-refractivity contribution in [1.82, 2.24) is 5.32 Å². The van der Waals surface area contributed by atoms with E-state index in [1.165, 1.54) is 22.3 Å². The van der Waals surface area contributed by atoms with Gasteiger partial charge in [-0.1, -0.05) is 72.5 Å². The summed E-state index contributed by atoms with van der Waals surface area (Å²) in [4.78, 5) is 13.3. The van der Waals surface area contributed by atoms with E-state index in [4.69, 9.17) is 4.74 Å². The van der Waals surface area contributed by atoms with Gasteiger partial charge in [-0.2, -0.15) is 0 Å². The largest absolute Gasteiger partial charge is 0.449 e. The smallest absolute Gasteiger partial charge is 0.407 e. The van der Waals surface area contributed by atoms with Gasteiger partial charge in [0.25, 0.3) is 0 Å². The lowest BCUT2D eigenvalue weighted by molar-refractivity contribution is 0.144. The first-order valence-corrected chi connectivity index (χ1v) is 10.7. The number of hydrogen-bond acceptors (Lipinski definition) is 3. The van der Waals surface area contributed by atoms with E-state index < -0.39 is 6.09 Å². The predicted molar refractivity (Wildman–Crippen MR) is 118 cm³/mol. The Balaban J connectivity index is 1.36. The van der Waals surface area contributed by atoms with Gasteiger partial charge in [0, 0.05) is 16.4 Å². The quantitative estimate of drug-likeness (QED) is 0.478. The molecule has 0 bridgehead atoms. The number of amides is 1. The molecule has 0 fully saturated rings. The lowest BCUT2D eigenvalue weighted by Crippen LogP contribution is -2.26. The first-order valence-electron chi connectivity index (χ1n) is 9.48. The minimum Gasteiger partial charge on any atom is -0.449 e. The Kier molecular flexibility index (Phi) is 5.88. The van der Waals surface area contributed by atoms with E-state index in [0.717, 1.165) is 10.5 Å². The highest BCUT2D eigenvalue weighted by Gasteiger charge is 2.28. The lowest BCUT2D eigenvalue weighted by atomic mass is 9.98. The molecule has 0 atom stereocenters. The van der Waals surface area contributed by atoms with Crippen LogP contribution in [0.2, 0.25) is 0 Å². The van der Waals surface area contributed by atoms with E-state index >= 15 is 0 Å². The average Bonchev–Trinajstić information content (AvgIpc) is 3.09. The van der Waals surface area contributed by atoms with E-state index in [2.05, 4.69) is 41.4 Å². The Hall–Kier alpha value is -3.16. The van der Waals surface area contributed by atoms with Gasteiger partial charge in [-0.05, 0) is 40.6 Å². The zero-order valence-corrected chi connectivity index (χ0v) is 17.0. The summed E-state index contributed by atoms with van der Waals surface area (Å²) in [6, 6.07) is 24.6. The number of carbonyl (C=O) groups is 1. The molecule has 4 rings (SSSR count). The predicted octanol–water partition coefficient (Wildman–Crippen LogP) is 5.30. The van der Waals surface area contributed by atoms with Crippen LogP contribution >= 0.6 is 11.8 Å². The van der Waals surface area contributed by atoms with Crippen LogP contribution in [0.15, 0.2) is 77.7 Å². The Bertz CT molecular complexity index is 1050. The van der Waals surface area contributed by atoms with Crippen LogP contribution in [0.1, 0.15) is 22.6 Å². The molecule has 3 aromatic carbocycles. The van der Waals surface area contributed by atoms with E-state index in [1.54, 1.807) is 11.8 Å². The number of rotatable bonds is 4. The standard InChI is InChI=1S/C25H21NO2S/c1-29-24-15-7-2-9-18(24)10-8-16-26-25(27)28-17-23-21-13-5-3-11-19(21)20-12-4-6-14-22(20)23/h2-7,9,11-15,23H,16-17H2,1H3,(H,26,27). The molecule has 29 heavy (non-hydrogen) atoms. The molecule has 0 aliphatic heterocycles. The maximum Gasteiger partial charge on any atom is 0.407 e. The molecule has 144 valence electrons. The number of ether oxygens (including phenoxy) is 1. The molecule has 0 saturated carbocycles. The zero-order valence-electron chi connectivity index (χ0n) is 16.1. The fraction of sp³-hybridized carbons (Fsp3) is 0.160. The van der Waals surface area contributed by atoms with Gasteiger partial charge in [0.2, 0.25) is 0 Å². The Morgan fingerprint density at radius 1 is 0.966 bits per heavy atom. The fourth-order valence-electron chi connectivity index (χ4n) is 3.65. The second-order valence-corrected chi connectivity index (χ2v) is 7.53. The number of thioether (sulfide) groups is 1. The van der Waals surface area contributed by atoms with Crippen LogP contribution in [0.3, 0.4) is 0 Å². The zero-order chi connectivity index (χ0) is 20.1. The maximum absolute atomic E-state index is 12.2. The highest BCUT2D eigenvalue weighted by atomic mass is 32.2. The molecule has 0 aromatic heterocycles. The molecular formula is C25H21NO2S. The van der Waals surface area contributed by atoms with Gasteiger partial charge < -0.3 is 10.1 Å². The van der Waals surface area contributed by atoms with Crippen LogP contribution in [0.5, 0.6) is 0 Å². The molecule has 3 aromatic rings. The number of benzene rings is 3. The third kappa shape index (κ3) is 4.16. The second kappa shape index (κ2) is 8.89. The Labute approximate surface area is 175 Å². The number of nitrogens with one attached hydrogen (secondary N) is 1. The van der Waals surface area contributed by atoms with Gasteiger partial charge >= 0.3 is 6.09 Å². The van der Waals surface area contributed by atoms with Crippen molar-refractivity contribution in [2.75, 3.05) is 19.4 Å². The van der Waals surface area contributed by atoms with Crippen molar-refractivity contribution in [2.24, 2.45) is 0 Å². The van der Waals surface area contributed by atoms with Crippen molar-refractivity contribution < 1.29 is 9.53 Å². The van der Waals surface area contributed by atoms with Gasteiger partial charge in [0.1, 0.15) is 6.61 Å².